The number of hydrogen-bond donors (Lipinski definition) is 2. The second kappa shape index (κ2) is 6.03. The maximum absolute atomic E-state index is 12.6. The quantitative estimate of drug-likeness (QED) is 0.805. The van der Waals surface area contributed by atoms with Gasteiger partial charge in [-0.1, -0.05) is 6.07 Å². The van der Waals surface area contributed by atoms with Crippen LogP contribution < -0.4 is 10.5 Å². The van der Waals surface area contributed by atoms with Crippen LogP contribution in [-0.2, 0) is 10.0 Å². The number of benzene rings is 1. The Morgan fingerprint density at radius 1 is 1.43 bits per heavy atom. The largest absolute Gasteiger partial charge is 0.398 e. The highest BCUT2D eigenvalue weighted by atomic mass is 32.2. The van der Waals surface area contributed by atoms with Gasteiger partial charge in [-0.2, -0.15) is 0 Å². The molecule has 1 aliphatic rings. The number of likely N-dealkylation sites (tertiary alicyclic amines) is 1. The predicted octanol–water partition coefficient (Wildman–Crippen LogP) is 0.731. The van der Waals surface area contributed by atoms with Crippen LogP contribution >= 0.6 is 0 Å². The topological polar surface area (TPSA) is 92.5 Å². The number of sulfonamides is 1. The highest BCUT2D eigenvalue weighted by Crippen LogP contribution is 2.20. The van der Waals surface area contributed by atoms with Gasteiger partial charge in [0.1, 0.15) is 0 Å². The molecule has 0 spiro atoms. The summed E-state index contributed by atoms with van der Waals surface area (Å²) < 4.78 is 25.2. The zero-order valence-electron chi connectivity index (χ0n) is 12.3. The van der Waals surface area contributed by atoms with Crippen molar-refractivity contribution in [2.75, 3.05) is 25.1 Å². The molecule has 0 aliphatic carbocycles. The first-order valence-corrected chi connectivity index (χ1v) is 8.79. The molecule has 2 rings (SSSR count). The Morgan fingerprint density at radius 3 is 2.81 bits per heavy atom. The van der Waals surface area contributed by atoms with Crippen LogP contribution in [0, 0.1) is 6.92 Å². The first kappa shape index (κ1) is 15.8. The van der Waals surface area contributed by atoms with Gasteiger partial charge in [-0.3, -0.25) is 4.79 Å². The predicted molar refractivity (Wildman–Crippen MR) is 82.5 cm³/mol. The van der Waals surface area contributed by atoms with Gasteiger partial charge in [-0.15, -0.1) is 0 Å². The maximum Gasteiger partial charge on any atom is 0.254 e. The van der Waals surface area contributed by atoms with Crippen molar-refractivity contribution in [2.24, 2.45) is 0 Å². The number of rotatable bonds is 3. The van der Waals surface area contributed by atoms with E-state index in [9.17, 15) is 13.2 Å². The number of carbonyl (C=O) groups excluding carboxylic acids is 1. The molecule has 1 aromatic rings. The number of nitrogens with two attached hydrogens (primary N) is 1. The van der Waals surface area contributed by atoms with Crippen molar-refractivity contribution >= 4 is 21.6 Å². The molecule has 116 valence electrons. The molecule has 21 heavy (non-hydrogen) atoms. The Labute approximate surface area is 125 Å². The zero-order valence-corrected chi connectivity index (χ0v) is 13.1. The number of amides is 1. The van der Waals surface area contributed by atoms with Gasteiger partial charge in [-0.25, -0.2) is 13.1 Å². The summed E-state index contributed by atoms with van der Waals surface area (Å²) in [6.45, 7) is 2.84. The lowest BCUT2D eigenvalue weighted by Gasteiger charge is -2.33. The smallest absolute Gasteiger partial charge is 0.254 e. The average molecular weight is 311 g/mol. The number of nitrogens with zero attached hydrogens (tertiary/aromatic N) is 1. The van der Waals surface area contributed by atoms with Gasteiger partial charge >= 0.3 is 0 Å². The number of hydrogen-bond acceptors (Lipinski definition) is 4. The molecule has 6 nitrogen and oxygen atoms in total. The van der Waals surface area contributed by atoms with Gasteiger partial charge in [0.05, 0.1) is 6.26 Å². The van der Waals surface area contributed by atoms with Crippen molar-refractivity contribution < 1.29 is 13.2 Å². The average Bonchev–Trinajstić information content (AvgIpc) is 2.39. The molecule has 1 fully saturated rings. The lowest BCUT2D eigenvalue weighted by atomic mass is 10.0. The normalized spacial score (nSPS) is 19.5. The van der Waals surface area contributed by atoms with Crippen LogP contribution in [0.4, 0.5) is 5.69 Å². The number of nitrogens with one attached hydrogen (secondary N) is 1. The summed E-state index contributed by atoms with van der Waals surface area (Å²) in [6.07, 6.45) is 2.66. The molecule has 1 saturated heterocycles. The molecule has 1 amide bonds. The summed E-state index contributed by atoms with van der Waals surface area (Å²) in [5.74, 6) is -0.0974. The molecule has 0 aromatic heterocycles. The third-order valence-corrected chi connectivity index (χ3v) is 4.46. The van der Waals surface area contributed by atoms with Crippen molar-refractivity contribution in [3.63, 3.8) is 0 Å². The molecule has 0 saturated carbocycles. The van der Waals surface area contributed by atoms with Gasteiger partial charge in [0.25, 0.3) is 5.91 Å². The summed E-state index contributed by atoms with van der Waals surface area (Å²) in [7, 11) is -3.26. The van der Waals surface area contributed by atoms with Crippen molar-refractivity contribution in [3.8, 4) is 0 Å². The fourth-order valence-corrected chi connectivity index (χ4v) is 3.41. The Bertz CT molecular complexity index is 643. The second-order valence-corrected chi connectivity index (χ2v) is 7.28. The summed E-state index contributed by atoms with van der Waals surface area (Å²) in [5, 5.41) is 0. The molecule has 0 radical (unpaired) electrons. The van der Waals surface area contributed by atoms with E-state index in [1.54, 1.807) is 23.1 Å². The molecule has 0 bridgehead atoms. The third-order valence-electron chi connectivity index (χ3n) is 3.70. The minimum atomic E-state index is -3.26. The van der Waals surface area contributed by atoms with E-state index in [-0.39, 0.29) is 11.9 Å². The summed E-state index contributed by atoms with van der Waals surface area (Å²) >= 11 is 0. The SMILES string of the molecule is Cc1c(N)cccc1C(=O)N1CCCC(NS(C)(=O)=O)C1. The van der Waals surface area contributed by atoms with E-state index in [1.807, 2.05) is 6.92 Å². The molecule has 3 N–H and O–H groups in total. The first-order chi connectivity index (χ1) is 9.78. The van der Waals surface area contributed by atoms with Gasteiger partial charge in [-0.05, 0) is 37.5 Å². The third kappa shape index (κ3) is 3.95. The van der Waals surface area contributed by atoms with E-state index >= 15 is 0 Å². The van der Waals surface area contributed by atoms with Crippen LogP contribution in [0.2, 0.25) is 0 Å². The van der Waals surface area contributed by atoms with E-state index in [0.717, 1.165) is 24.7 Å². The number of anilines is 1. The fraction of sp³-hybridized carbons (Fsp3) is 0.500. The van der Waals surface area contributed by atoms with Crippen molar-refractivity contribution in [3.05, 3.63) is 29.3 Å². The van der Waals surface area contributed by atoms with Crippen molar-refractivity contribution in [2.45, 2.75) is 25.8 Å². The zero-order chi connectivity index (χ0) is 15.6. The summed E-state index contributed by atoms with van der Waals surface area (Å²) in [6, 6.07) is 5.04. The second-order valence-electron chi connectivity index (χ2n) is 5.50. The Kier molecular flexibility index (Phi) is 4.53. The van der Waals surface area contributed by atoms with E-state index in [4.69, 9.17) is 5.73 Å². The minimum Gasteiger partial charge on any atom is -0.398 e. The van der Waals surface area contributed by atoms with Crippen LogP contribution in [0.15, 0.2) is 18.2 Å². The van der Waals surface area contributed by atoms with Crippen LogP contribution in [0.5, 0.6) is 0 Å². The maximum atomic E-state index is 12.6. The van der Waals surface area contributed by atoms with Gasteiger partial charge in [0, 0.05) is 30.4 Å². The number of piperidine rings is 1. The Morgan fingerprint density at radius 2 is 2.14 bits per heavy atom. The Hall–Kier alpha value is -1.60. The van der Waals surface area contributed by atoms with Gasteiger partial charge in [0.15, 0.2) is 0 Å². The first-order valence-electron chi connectivity index (χ1n) is 6.89. The molecule has 1 aliphatic heterocycles. The van der Waals surface area contributed by atoms with Gasteiger partial charge < -0.3 is 10.6 Å². The monoisotopic (exact) mass is 311 g/mol. The van der Waals surface area contributed by atoms with E-state index in [0.29, 0.717) is 24.3 Å². The van der Waals surface area contributed by atoms with Crippen LogP contribution in [0.25, 0.3) is 0 Å². The molecule has 1 aromatic carbocycles. The molecular formula is C14H21N3O3S. The van der Waals surface area contributed by atoms with Crippen LogP contribution in [-0.4, -0.2) is 44.6 Å². The molecule has 1 atom stereocenters. The highest BCUT2D eigenvalue weighted by molar-refractivity contribution is 7.88. The van der Waals surface area contributed by atoms with E-state index in [1.165, 1.54) is 0 Å². The highest BCUT2D eigenvalue weighted by Gasteiger charge is 2.27. The van der Waals surface area contributed by atoms with E-state index in [2.05, 4.69) is 4.72 Å². The lowest BCUT2D eigenvalue weighted by Crippen LogP contribution is -2.49. The molecule has 1 heterocycles. The molecular weight excluding hydrogens is 290 g/mol. The number of carbonyl (C=O) groups is 1. The summed E-state index contributed by atoms with van der Waals surface area (Å²) in [4.78, 5) is 14.3. The van der Waals surface area contributed by atoms with E-state index < -0.39 is 10.0 Å². The summed E-state index contributed by atoms with van der Waals surface area (Å²) in [5.41, 5.74) is 7.77. The van der Waals surface area contributed by atoms with Crippen molar-refractivity contribution in [1.29, 1.82) is 0 Å². The van der Waals surface area contributed by atoms with Crippen LogP contribution in [0.1, 0.15) is 28.8 Å². The Balaban J connectivity index is 2.14. The molecule has 7 heteroatoms. The van der Waals surface area contributed by atoms with Gasteiger partial charge in [0.2, 0.25) is 10.0 Å². The fourth-order valence-electron chi connectivity index (χ4n) is 2.62. The van der Waals surface area contributed by atoms with Crippen LogP contribution in [0.3, 0.4) is 0 Å². The number of nitrogen functional groups attached to an aromatic ring is 1. The minimum absolute atomic E-state index is 0.0974. The lowest BCUT2D eigenvalue weighted by molar-refractivity contribution is 0.0702. The molecule has 1 unspecified atom stereocenters. The van der Waals surface area contributed by atoms with Crippen molar-refractivity contribution in [1.82, 2.24) is 9.62 Å². The standard InChI is InChI=1S/C14H21N3O3S/c1-10-12(6-3-7-13(10)15)14(18)17-8-4-5-11(9-17)16-21(2,19)20/h3,6-7,11,16H,4-5,8-9,15H2,1-2H3.